The van der Waals surface area contributed by atoms with Gasteiger partial charge in [-0.05, 0) is 29.8 Å². The Morgan fingerprint density at radius 2 is 1.66 bits per heavy atom. The molecule has 1 aliphatic rings. The van der Waals surface area contributed by atoms with Gasteiger partial charge >= 0.3 is 0 Å². The molecule has 4 rings (SSSR count). The van der Waals surface area contributed by atoms with Gasteiger partial charge in [0.25, 0.3) is 11.6 Å². The van der Waals surface area contributed by atoms with Crippen LogP contribution in [0.15, 0.2) is 90.0 Å². The van der Waals surface area contributed by atoms with Crippen molar-refractivity contribution in [3.05, 3.63) is 101 Å². The smallest absolute Gasteiger partial charge is 0.278 e. The van der Waals surface area contributed by atoms with Gasteiger partial charge in [0, 0.05) is 12.1 Å². The van der Waals surface area contributed by atoms with Crippen LogP contribution < -0.4 is 15.9 Å². The summed E-state index contributed by atoms with van der Waals surface area (Å²) in [5.41, 5.74) is 8.11. The second-order valence-corrected chi connectivity index (χ2v) is 6.37. The van der Waals surface area contributed by atoms with E-state index in [0.29, 0.717) is 11.3 Å². The lowest BCUT2D eigenvalue weighted by Crippen LogP contribution is -2.35. The van der Waals surface area contributed by atoms with Crippen molar-refractivity contribution in [2.24, 2.45) is 5.10 Å². The number of hydrazone groups is 1. The van der Waals surface area contributed by atoms with Gasteiger partial charge in [-0.15, -0.1) is 0 Å². The fourth-order valence-corrected chi connectivity index (χ4v) is 3.06. The largest absolute Gasteiger partial charge is 0.290 e. The normalized spacial score (nSPS) is 17.5. The number of amides is 1. The molecule has 3 aromatic rings. The number of hydrogen-bond donors (Lipinski definition) is 2. The zero-order valence-corrected chi connectivity index (χ0v) is 15.2. The number of para-hydroxylation sites is 2. The van der Waals surface area contributed by atoms with Crippen molar-refractivity contribution in [1.82, 2.24) is 5.43 Å². The first-order valence-corrected chi connectivity index (χ1v) is 8.92. The summed E-state index contributed by atoms with van der Waals surface area (Å²) >= 11 is 0. The van der Waals surface area contributed by atoms with Gasteiger partial charge in [-0.1, -0.05) is 48.5 Å². The Hall–Kier alpha value is -4.04. The molecule has 8 nitrogen and oxygen atoms in total. The zero-order valence-electron chi connectivity index (χ0n) is 15.2. The monoisotopic (exact) mass is 387 g/mol. The lowest BCUT2D eigenvalue weighted by atomic mass is 10.0. The van der Waals surface area contributed by atoms with Gasteiger partial charge in [0.15, 0.2) is 5.71 Å². The number of rotatable bonds is 5. The van der Waals surface area contributed by atoms with Crippen LogP contribution in [0.3, 0.4) is 0 Å². The van der Waals surface area contributed by atoms with Crippen molar-refractivity contribution in [2.45, 2.75) is 6.04 Å². The lowest BCUT2D eigenvalue weighted by Gasteiger charge is -2.17. The molecule has 8 heteroatoms. The van der Waals surface area contributed by atoms with E-state index in [1.165, 1.54) is 17.1 Å². The molecule has 0 radical (unpaired) electrons. The van der Waals surface area contributed by atoms with E-state index in [1.54, 1.807) is 24.3 Å². The van der Waals surface area contributed by atoms with Gasteiger partial charge in [-0.3, -0.25) is 20.3 Å². The van der Waals surface area contributed by atoms with Crippen molar-refractivity contribution in [3.8, 4) is 0 Å². The van der Waals surface area contributed by atoms with Gasteiger partial charge < -0.3 is 0 Å². The average Bonchev–Trinajstić information content (AvgIpc) is 3.10. The molecule has 0 spiro atoms. The summed E-state index contributed by atoms with van der Waals surface area (Å²) in [6, 6.07) is 23.9. The van der Waals surface area contributed by atoms with Crippen LogP contribution in [-0.2, 0) is 4.79 Å². The summed E-state index contributed by atoms with van der Waals surface area (Å²) in [4.78, 5) is 23.8. The summed E-state index contributed by atoms with van der Waals surface area (Å²) < 4.78 is 0. The van der Waals surface area contributed by atoms with Crippen LogP contribution in [0.25, 0.3) is 0 Å². The van der Waals surface area contributed by atoms with Crippen molar-refractivity contribution in [2.75, 3.05) is 10.4 Å². The molecule has 1 amide bonds. The van der Waals surface area contributed by atoms with Crippen LogP contribution in [-0.4, -0.2) is 16.5 Å². The van der Waals surface area contributed by atoms with E-state index in [0.717, 1.165) is 5.69 Å². The second kappa shape index (κ2) is 7.91. The summed E-state index contributed by atoms with van der Waals surface area (Å²) in [5, 5.41) is 16.9. The van der Waals surface area contributed by atoms with Crippen LogP contribution in [0.1, 0.15) is 11.6 Å². The Bertz CT molecular complexity index is 1070. The van der Waals surface area contributed by atoms with E-state index in [2.05, 4.69) is 16.0 Å². The van der Waals surface area contributed by atoms with Crippen LogP contribution in [0.2, 0.25) is 0 Å². The van der Waals surface area contributed by atoms with Gasteiger partial charge in [0.2, 0.25) is 0 Å². The van der Waals surface area contributed by atoms with E-state index in [4.69, 9.17) is 0 Å². The quantitative estimate of drug-likeness (QED) is 0.514. The highest BCUT2D eigenvalue weighted by Gasteiger charge is 2.39. The highest BCUT2D eigenvalue weighted by Crippen LogP contribution is 2.28. The molecule has 29 heavy (non-hydrogen) atoms. The number of carbonyl (C=O) groups excluding carboxylic acids is 1. The first kappa shape index (κ1) is 18.3. The predicted octanol–water partition coefficient (Wildman–Crippen LogP) is 3.66. The van der Waals surface area contributed by atoms with Crippen molar-refractivity contribution in [3.63, 3.8) is 0 Å². The molecule has 1 atom stereocenters. The number of nitrogens with one attached hydrogen (secondary N) is 2. The van der Waals surface area contributed by atoms with Gasteiger partial charge in [0.1, 0.15) is 6.04 Å². The zero-order chi connectivity index (χ0) is 20.2. The third kappa shape index (κ3) is 3.83. The molecule has 1 unspecified atom stereocenters. The maximum absolute atomic E-state index is 13.1. The number of hydrazine groups is 1. The fraction of sp³-hybridized carbons (Fsp3) is 0.0476. The SMILES string of the molecule is O=C1C(=NNc2ccccc2)C(c2cccc([N+](=O)[O-])c2)NN1c1ccccc1. The number of hydrogen-bond acceptors (Lipinski definition) is 6. The van der Waals surface area contributed by atoms with Gasteiger partial charge in [-0.2, -0.15) is 5.10 Å². The average molecular weight is 387 g/mol. The minimum absolute atomic E-state index is 0.0507. The van der Waals surface area contributed by atoms with Crippen molar-refractivity contribution < 1.29 is 9.72 Å². The Morgan fingerprint density at radius 3 is 2.34 bits per heavy atom. The highest BCUT2D eigenvalue weighted by atomic mass is 16.6. The van der Waals surface area contributed by atoms with E-state index in [1.807, 2.05) is 48.5 Å². The maximum Gasteiger partial charge on any atom is 0.290 e. The van der Waals surface area contributed by atoms with Crippen molar-refractivity contribution >= 4 is 28.7 Å². The summed E-state index contributed by atoms with van der Waals surface area (Å²) in [6.45, 7) is 0. The van der Waals surface area contributed by atoms with Crippen molar-refractivity contribution in [1.29, 1.82) is 0 Å². The van der Waals surface area contributed by atoms with Gasteiger partial charge in [-0.25, -0.2) is 10.4 Å². The predicted molar refractivity (Wildman–Crippen MR) is 110 cm³/mol. The molecule has 2 N–H and O–H groups in total. The number of nitro groups is 1. The number of benzene rings is 3. The molecule has 0 bridgehead atoms. The Kier molecular flexibility index (Phi) is 5.00. The summed E-state index contributed by atoms with van der Waals surface area (Å²) in [6.07, 6.45) is 0. The Morgan fingerprint density at radius 1 is 0.966 bits per heavy atom. The third-order valence-corrected chi connectivity index (χ3v) is 4.46. The molecule has 0 saturated carbocycles. The standard InChI is InChI=1S/C21H17N5O3/c27-21-20(23-22-16-9-3-1-4-10-16)19(15-8-7-13-18(14-15)26(28)29)24-25(21)17-11-5-2-6-12-17/h1-14,19,22,24H. The number of non-ortho nitro benzene ring substituents is 1. The summed E-state index contributed by atoms with van der Waals surface area (Å²) in [7, 11) is 0. The Labute approximate surface area is 166 Å². The Balaban J connectivity index is 1.72. The van der Waals surface area contributed by atoms with E-state index >= 15 is 0 Å². The highest BCUT2D eigenvalue weighted by molar-refractivity contribution is 6.47. The van der Waals surface area contributed by atoms with Gasteiger partial charge in [0.05, 0.1) is 16.3 Å². The first-order chi connectivity index (χ1) is 14.1. The van der Waals surface area contributed by atoms with Crippen LogP contribution >= 0.6 is 0 Å². The van der Waals surface area contributed by atoms with E-state index < -0.39 is 11.0 Å². The molecule has 1 heterocycles. The first-order valence-electron chi connectivity index (χ1n) is 8.92. The molecular weight excluding hydrogens is 370 g/mol. The molecule has 1 saturated heterocycles. The minimum Gasteiger partial charge on any atom is -0.278 e. The molecule has 144 valence electrons. The molecule has 0 aliphatic carbocycles. The van der Waals surface area contributed by atoms with E-state index in [-0.39, 0.29) is 17.3 Å². The van der Waals surface area contributed by atoms with Crippen LogP contribution in [0.5, 0.6) is 0 Å². The molecule has 1 aliphatic heterocycles. The molecule has 0 aromatic heterocycles. The number of anilines is 2. The molecule has 3 aromatic carbocycles. The van der Waals surface area contributed by atoms with E-state index in [9.17, 15) is 14.9 Å². The maximum atomic E-state index is 13.1. The number of carbonyl (C=O) groups is 1. The van der Waals surface area contributed by atoms with Crippen LogP contribution in [0.4, 0.5) is 17.1 Å². The third-order valence-electron chi connectivity index (χ3n) is 4.46. The summed E-state index contributed by atoms with van der Waals surface area (Å²) in [5.74, 6) is -0.337. The number of nitro benzene ring substituents is 1. The minimum atomic E-state index is -0.640. The fourth-order valence-electron chi connectivity index (χ4n) is 3.06. The molecular formula is C21H17N5O3. The molecule has 1 fully saturated rings. The second-order valence-electron chi connectivity index (χ2n) is 6.37. The number of nitrogens with zero attached hydrogens (tertiary/aromatic N) is 3. The topological polar surface area (TPSA) is 99.9 Å². The lowest BCUT2D eigenvalue weighted by molar-refractivity contribution is -0.384. The van der Waals surface area contributed by atoms with Crippen LogP contribution in [0, 0.1) is 10.1 Å².